The number of aliphatic hydroxyl groups excluding tert-OH is 2. The molecule has 0 bridgehead atoms. The molecule has 0 aliphatic carbocycles. The van der Waals surface area contributed by atoms with Crippen LogP contribution in [0.25, 0.3) is 0 Å². The Kier molecular flexibility index (Phi) is 6.07. The first-order valence-corrected chi connectivity index (χ1v) is 10.5. The molecule has 3 saturated heterocycles. The van der Waals surface area contributed by atoms with Gasteiger partial charge in [0.15, 0.2) is 0 Å². The molecule has 4 radical (unpaired) electrons. The summed E-state index contributed by atoms with van der Waals surface area (Å²) in [5.74, 6) is 0. The van der Waals surface area contributed by atoms with Crippen LogP contribution >= 0.6 is 15.6 Å². The minimum absolute atomic E-state index is 0.677. The van der Waals surface area contributed by atoms with Crippen LogP contribution in [0.2, 0.25) is 0 Å². The molecule has 3 rings (SSSR count). The summed E-state index contributed by atoms with van der Waals surface area (Å²) in [5.41, 5.74) is 0. The van der Waals surface area contributed by atoms with Crippen molar-refractivity contribution >= 4 is 31.3 Å². The Morgan fingerprint density at radius 3 is 1.46 bits per heavy atom. The maximum atomic E-state index is 12.1. The molecule has 26 heavy (non-hydrogen) atoms. The fourth-order valence-electron chi connectivity index (χ4n) is 2.77. The molecule has 144 valence electrons. The first-order valence-electron chi connectivity index (χ1n) is 7.49. The molecule has 10 atom stereocenters. The predicted octanol–water partition coefficient (Wildman–Crippen LogP) is -2.49. The Bertz CT molecular complexity index is 571. The van der Waals surface area contributed by atoms with Gasteiger partial charge in [-0.05, 0) is 0 Å². The molecule has 3 aliphatic heterocycles. The molecule has 3 fully saturated rings. The first kappa shape index (κ1) is 20.9. The second-order valence-corrected chi connectivity index (χ2v) is 8.74. The van der Waals surface area contributed by atoms with Gasteiger partial charge in [-0.15, -0.1) is 0 Å². The molecule has 0 saturated carbocycles. The average molecular weight is 412 g/mol. The van der Waals surface area contributed by atoms with Crippen LogP contribution in [-0.4, -0.2) is 97.5 Å². The summed E-state index contributed by atoms with van der Waals surface area (Å²) in [6, 6.07) is -2.58. The van der Waals surface area contributed by atoms with E-state index in [4.69, 9.17) is 43.3 Å². The summed E-state index contributed by atoms with van der Waals surface area (Å²) in [4.78, 5) is 19.7. The number of rotatable bonds is 0. The van der Waals surface area contributed by atoms with Crippen LogP contribution < -0.4 is 0 Å². The number of hydrogen-bond donors (Lipinski definition) is 4. The Morgan fingerprint density at radius 1 is 0.769 bits per heavy atom. The van der Waals surface area contributed by atoms with Gasteiger partial charge in [0.1, 0.15) is 52.3 Å². The fraction of sp³-hybridized carbons (Fsp3) is 1.00. The highest BCUT2D eigenvalue weighted by Gasteiger charge is 2.50. The van der Waals surface area contributed by atoms with Gasteiger partial charge >= 0.3 is 15.6 Å². The van der Waals surface area contributed by atoms with Crippen molar-refractivity contribution in [3.05, 3.63) is 0 Å². The molecule has 4 N–H and O–H groups in total. The third-order valence-electron chi connectivity index (χ3n) is 4.06. The smallest absolute Gasteiger partial charge is 0.388 e. The van der Waals surface area contributed by atoms with E-state index in [1.165, 1.54) is 0 Å². The summed E-state index contributed by atoms with van der Waals surface area (Å²) in [5, 5.41) is 19.8. The zero-order valence-corrected chi connectivity index (χ0v) is 14.9. The van der Waals surface area contributed by atoms with E-state index in [1.54, 1.807) is 0 Å². The lowest BCUT2D eigenvalue weighted by Gasteiger charge is -2.28. The number of hydrogen-bond acceptors (Lipinski definition) is 10. The van der Waals surface area contributed by atoms with Crippen molar-refractivity contribution in [3.63, 3.8) is 0 Å². The average Bonchev–Trinajstić information content (AvgIpc) is 2.95. The molecule has 12 nitrogen and oxygen atoms in total. The number of ether oxygens (including phenoxy) is 2. The molecule has 0 amide bonds. The first-order chi connectivity index (χ1) is 12.0. The number of aliphatic hydroxyl groups is 2. The van der Waals surface area contributed by atoms with Gasteiger partial charge < -0.3 is 29.5 Å². The van der Waals surface area contributed by atoms with Crippen molar-refractivity contribution in [2.24, 2.45) is 0 Å². The summed E-state index contributed by atoms with van der Waals surface area (Å²) in [7, 11) is 1.52. The van der Waals surface area contributed by atoms with E-state index in [0.29, 0.717) is 0 Å². The molecule has 3 aliphatic rings. The maximum absolute atomic E-state index is 12.1. The maximum Gasteiger partial charge on any atom is 0.472 e. The second-order valence-electron chi connectivity index (χ2n) is 5.93. The monoisotopic (exact) mass is 412 g/mol. The van der Waals surface area contributed by atoms with Crippen molar-refractivity contribution in [3.8, 4) is 0 Å². The Balaban J connectivity index is 1.85. The highest BCUT2D eigenvalue weighted by atomic mass is 31.2. The lowest BCUT2D eigenvalue weighted by atomic mass is 9.93. The van der Waals surface area contributed by atoms with Crippen LogP contribution in [0.5, 0.6) is 0 Å². The van der Waals surface area contributed by atoms with E-state index in [1.807, 2.05) is 0 Å². The van der Waals surface area contributed by atoms with E-state index >= 15 is 0 Å². The molecule has 3 heterocycles. The van der Waals surface area contributed by atoms with E-state index in [9.17, 15) is 29.1 Å². The van der Waals surface area contributed by atoms with Crippen LogP contribution in [0.4, 0.5) is 0 Å². The molecule has 0 spiro atoms. The number of phosphoric acid groups is 2. The number of fused-ring (bicyclic) bond motifs is 2. The summed E-state index contributed by atoms with van der Waals surface area (Å²) >= 11 is 0. The summed E-state index contributed by atoms with van der Waals surface area (Å²) < 4.78 is 53.7. The summed E-state index contributed by atoms with van der Waals surface area (Å²) in [6.45, 7) is -1.35. The zero-order chi connectivity index (χ0) is 19.3. The normalized spacial score (nSPS) is 56.2. The van der Waals surface area contributed by atoms with Gasteiger partial charge in [0, 0.05) is 12.0 Å². The highest BCUT2D eigenvalue weighted by molar-refractivity contribution is 7.47. The van der Waals surface area contributed by atoms with E-state index in [-0.39, 0.29) is 0 Å². The summed E-state index contributed by atoms with van der Waals surface area (Å²) in [6.07, 6.45) is -8.55. The SMILES string of the molecule is [B][C@@H]1O[C@@H]2COP(=O)(O)OC3C(O)[C@H]([B])O[C@@H]3COP(=O)(O)OC2C1O. The van der Waals surface area contributed by atoms with Crippen LogP contribution in [0, 0.1) is 0 Å². The van der Waals surface area contributed by atoms with Gasteiger partial charge in [-0.1, -0.05) is 0 Å². The van der Waals surface area contributed by atoms with Gasteiger partial charge in [-0.2, -0.15) is 0 Å². The predicted molar refractivity (Wildman–Crippen MR) is 82.1 cm³/mol. The molecule has 0 aromatic carbocycles. The quantitative estimate of drug-likeness (QED) is 0.244. The zero-order valence-electron chi connectivity index (χ0n) is 13.1. The van der Waals surface area contributed by atoms with Gasteiger partial charge in [-0.3, -0.25) is 18.1 Å². The standard InChI is InChI=1S/C10H16B2O12P2/c11-9-5(13)7-3(21-9)1-19-25(15,16)24-8-4(22-10(12)6(8)14)2-20-26(17,18)23-7/h3-10,13-14H,1-2H2,(H,15,16)(H,17,18)/t3-,4-,5?,6?,7?,8?,9-,10-/m1/s1. The molecule has 0 aromatic heterocycles. The van der Waals surface area contributed by atoms with Crippen molar-refractivity contribution < 1.29 is 56.7 Å². The minimum Gasteiger partial charge on any atom is -0.388 e. The molecule has 6 unspecified atom stereocenters. The topological polar surface area (TPSA) is 170 Å². The van der Waals surface area contributed by atoms with Crippen LogP contribution in [0.15, 0.2) is 0 Å². The van der Waals surface area contributed by atoms with Crippen molar-refractivity contribution in [2.75, 3.05) is 13.2 Å². The van der Waals surface area contributed by atoms with E-state index < -0.39 is 77.5 Å². The van der Waals surface area contributed by atoms with Crippen LogP contribution in [0.3, 0.4) is 0 Å². The fourth-order valence-corrected chi connectivity index (χ4v) is 4.69. The third kappa shape index (κ3) is 4.43. The molecule has 0 aromatic rings. The van der Waals surface area contributed by atoms with Crippen LogP contribution in [-0.2, 0) is 36.7 Å². The van der Waals surface area contributed by atoms with E-state index in [2.05, 4.69) is 0 Å². The van der Waals surface area contributed by atoms with Gasteiger partial charge in [0.05, 0.1) is 13.2 Å². The number of phosphoric ester groups is 2. The van der Waals surface area contributed by atoms with Gasteiger partial charge in [0.2, 0.25) is 0 Å². The van der Waals surface area contributed by atoms with Crippen molar-refractivity contribution in [2.45, 2.75) is 48.6 Å². The van der Waals surface area contributed by atoms with Gasteiger partial charge in [-0.25, -0.2) is 9.13 Å². The second kappa shape index (κ2) is 7.55. The van der Waals surface area contributed by atoms with Gasteiger partial charge in [0.25, 0.3) is 0 Å². The molecule has 16 heteroatoms. The minimum atomic E-state index is -4.73. The largest absolute Gasteiger partial charge is 0.472 e. The van der Waals surface area contributed by atoms with Crippen LogP contribution in [0.1, 0.15) is 0 Å². The van der Waals surface area contributed by atoms with Crippen molar-refractivity contribution in [1.82, 2.24) is 0 Å². The Labute approximate surface area is 150 Å². The Morgan fingerprint density at radius 2 is 1.12 bits per heavy atom. The molecular formula is C10H16B2O12P2. The molecular weight excluding hydrogens is 396 g/mol. The Hall–Kier alpha value is 0.190. The highest BCUT2D eigenvalue weighted by Crippen LogP contribution is 2.51. The lowest BCUT2D eigenvalue weighted by molar-refractivity contribution is -0.0489. The third-order valence-corrected chi connectivity index (χ3v) is 6.03. The van der Waals surface area contributed by atoms with E-state index in [0.717, 1.165) is 0 Å². The van der Waals surface area contributed by atoms with Crippen molar-refractivity contribution in [1.29, 1.82) is 0 Å². The lowest BCUT2D eigenvalue weighted by Crippen LogP contribution is -2.39.